The van der Waals surface area contributed by atoms with Gasteiger partial charge in [0.15, 0.2) is 0 Å². The lowest BCUT2D eigenvalue weighted by Crippen LogP contribution is -2.06. The lowest BCUT2D eigenvalue weighted by molar-refractivity contribution is 0.280. The van der Waals surface area contributed by atoms with E-state index < -0.39 is 0 Å². The highest BCUT2D eigenvalue weighted by Crippen LogP contribution is 2.34. The van der Waals surface area contributed by atoms with Gasteiger partial charge in [-0.3, -0.25) is 0 Å². The molecule has 0 heterocycles. The molecule has 4 aromatic rings. The van der Waals surface area contributed by atoms with Crippen molar-refractivity contribution < 1.29 is 14.6 Å². The first-order valence-corrected chi connectivity index (χ1v) is 12.0. The standard InChI is InChI=1S/C17H20O2.C15H16O/c1-13-8-9-17(19-2)16(12-13)15(10-11-18)14-6-4-3-5-7-14;1-12-8-9-15(16-2)14(10-12)11-13-6-4-3-5-7-13/h3-9,12,15,18H,10-11H2,1-2H3;3-10H,11H2,1-2H3. The van der Waals surface area contributed by atoms with Gasteiger partial charge < -0.3 is 14.6 Å². The predicted molar refractivity (Wildman–Crippen MR) is 145 cm³/mol. The fourth-order valence-electron chi connectivity index (χ4n) is 4.30. The molecule has 0 saturated heterocycles. The number of hydrogen-bond donors (Lipinski definition) is 1. The van der Waals surface area contributed by atoms with Crippen LogP contribution in [0.5, 0.6) is 11.5 Å². The molecule has 0 bridgehead atoms. The second kappa shape index (κ2) is 13.4. The number of ether oxygens (including phenoxy) is 2. The van der Waals surface area contributed by atoms with Gasteiger partial charge >= 0.3 is 0 Å². The highest BCUT2D eigenvalue weighted by Gasteiger charge is 2.18. The van der Waals surface area contributed by atoms with Crippen LogP contribution in [0.15, 0.2) is 97.1 Å². The van der Waals surface area contributed by atoms with Crippen LogP contribution < -0.4 is 9.47 Å². The van der Waals surface area contributed by atoms with Crippen LogP contribution in [-0.4, -0.2) is 25.9 Å². The van der Waals surface area contributed by atoms with E-state index in [0.29, 0.717) is 6.42 Å². The molecule has 1 N–H and O–H groups in total. The summed E-state index contributed by atoms with van der Waals surface area (Å²) in [6, 6.07) is 33.2. The molecule has 1 unspecified atom stereocenters. The van der Waals surface area contributed by atoms with Crippen LogP contribution in [0.4, 0.5) is 0 Å². The zero-order valence-corrected chi connectivity index (χ0v) is 21.2. The summed E-state index contributed by atoms with van der Waals surface area (Å²) >= 11 is 0. The molecule has 3 nitrogen and oxygen atoms in total. The smallest absolute Gasteiger partial charge is 0.122 e. The fraction of sp³-hybridized carbons (Fsp3) is 0.250. The second-order valence-corrected chi connectivity index (χ2v) is 8.70. The summed E-state index contributed by atoms with van der Waals surface area (Å²) < 4.78 is 10.8. The van der Waals surface area contributed by atoms with E-state index in [9.17, 15) is 5.11 Å². The largest absolute Gasteiger partial charge is 0.496 e. The summed E-state index contributed by atoms with van der Waals surface area (Å²) in [5.74, 6) is 2.02. The van der Waals surface area contributed by atoms with E-state index in [1.807, 2.05) is 42.5 Å². The van der Waals surface area contributed by atoms with E-state index in [2.05, 4.69) is 68.4 Å². The Morgan fingerprint density at radius 3 is 1.86 bits per heavy atom. The van der Waals surface area contributed by atoms with Crippen LogP contribution in [0.1, 0.15) is 45.7 Å². The Morgan fingerprint density at radius 2 is 1.26 bits per heavy atom. The average Bonchev–Trinajstić information content (AvgIpc) is 2.89. The lowest BCUT2D eigenvalue weighted by atomic mass is 9.87. The summed E-state index contributed by atoms with van der Waals surface area (Å²) in [6.07, 6.45) is 1.62. The molecule has 4 rings (SSSR count). The minimum absolute atomic E-state index is 0.163. The first kappa shape index (κ1) is 26.1. The summed E-state index contributed by atoms with van der Waals surface area (Å²) in [7, 11) is 3.41. The zero-order chi connectivity index (χ0) is 25.0. The Bertz CT molecular complexity index is 1170. The highest BCUT2D eigenvalue weighted by molar-refractivity contribution is 5.44. The Kier molecular flexibility index (Phi) is 9.94. The van der Waals surface area contributed by atoms with Crippen LogP contribution in [0.2, 0.25) is 0 Å². The lowest BCUT2D eigenvalue weighted by Gasteiger charge is -2.20. The summed E-state index contributed by atoms with van der Waals surface area (Å²) in [6.45, 7) is 4.34. The molecule has 0 saturated carbocycles. The van der Waals surface area contributed by atoms with Gasteiger partial charge in [-0.25, -0.2) is 0 Å². The molecule has 0 amide bonds. The Morgan fingerprint density at radius 1 is 0.686 bits per heavy atom. The van der Waals surface area contributed by atoms with Crippen molar-refractivity contribution in [3.05, 3.63) is 130 Å². The molecule has 0 aliphatic rings. The third-order valence-electron chi connectivity index (χ3n) is 6.05. The predicted octanol–water partition coefficient (Wildman–Crippen LogP) is 7.11. The van der Waals surface area contributed by atoms with Gasteiger partial charge in [-0.2, -0.15) is 0 Å². The minimum atomic E-state index is 0.163. The van der Waals surface area contributed by atoms with Crippen LogP contribution >= 0.6 is 0 Å². The molecule has 0 aromatic heterocycles. The topological polar surface area (TPSA) is 38.7 Å². The van der Waals surface area contributed by atoms with Crippen molar-refractivity contribution in [1.82, 2.24) is 0 Å². The molecule has 3 heteroatoms. The van der Waals surface area contributed by atoms with Crippen LogP contribution in [0.25, 0.3) is 0 Å². The van der Waals surface area contributed by atoms with Gasteiger partial charge in [0.2, 0.25) is 0 Å². The van der Waals surface area contributed by atoms with E-state index in [1.54, 1.807) is 14.2 Å². The number of aliphatic hydroxyl groups is 1. The van der Waals surface area contributed by atoms with E-state index in [0.717, 1.165) is 23.5 Å². The monoisotopic (exact) mass is 468 g/mol. The van der Waals surface area contributed by atoms with E-state index in [-0.39, 0.29) is 12.5 Å². The van der Waals surface area contributed by atoms with Crippen LogP contribution in [-0.2, 0) is 6.42 Å². The molecule has 0 radical (unpaired) electrons. The molecule has 0 spiro atoms. The van der Waals surface area contributed by atoms with E-state index in [1.165, 1.54) is 27.8 Å². The quantitative estimate of drug-likeness (QED) is 0.299. The highest BCUT2D eigenvalue weighted by atomic mass is 16.5. The summed E-state index contributed by atoms with van der Waals surface area (Å²) in [4.78, 5) is 0. The number of benzene rings is 4. The number of aliphatic hydroxyl groups excluding tert-OH is 1. The number of hydrogen-bond acceptors (Lipinski definition) is 3. The normalized spacial score (nSPS) is 11.2. The van der Waals surface area contributed by atoms with Crippen LogP contribution in [0, 0.1) is 13.8 Å². The van der Waals surface area contributed by atoms with Crippen molar-refractivity contribution in [2.75, 3.05) is 20.8 Å². The first-order chi connectivity index (χ1) is 17.0. The number of methoxy groups -OCH3 is 2. The molecule has 35 heavy (non-hydrogen) atoms. The van der Waals surface area contributed by atoms with Gasteiger partial charge in [0, 0.05) is 24.5 Å². The molecule has 1 atom stereocenters. The number of rotatable bonds is 8. The molecule has 4 aromatic carbocycles. The second-order valence-electron chi connectivity index (χ2n) is 8.70. The molecule has 0 aliphatic carbocycles. The Balaban J connectivity index is 0.000000198. The molecular weight excluding hydrogens is 432 g/mol. The van der Waals surface area contributed by atoms with Gasteiger partial charge in [-0.05, 0) is 49.1 Å². The summed E-state index contributed by atoms with van der Waals surface area (Å²) in [5.41, 5.74) is 7.38. The van der Waals surface area contributed by atoms with Crippen molar-refractivity contribution in [2.45, 2.75) is 32.6 Å². The van der Waals surface area contributed by atoms with Crippen molar-refractivity contribution in [3.63, 3.8) is 0 Å². The zero-order valence-electron chi connectivity index (χ0n) is 21.2. The van der Waals surface area contributed by atoms with Crippen LogP contribution in [0.3, 0.4) is 0 Å². The molecule has 182 valence electrons. The minimum Gasteiger partial charge on any atom is -0.496 e. The maximum Gasteiger partial charge on any atom is 0.122 e. The Hall–Kier alpha value is -3.56. The average molecular weight is 469 g/mol. The van der Waals surface area contributed by atoms with Crippen molar-refractivity contribution in [1.29, 1.82) is 0 Å². The maximum absolute atomic E-state index is 9.35. The third kappa shape index (κ3) is 7.46. The van der Waals surface area contributed by atoms with Crippen molar-refractivity contribution in [3.8, 4) is 11.5 Å². The Labute approximate surface area is 210 Å². The van der Waals surface area contributed by atoms with Gasteiger partial charge in [-0.1, -0.05) is 96.1 Å². The maximum atomic E-state index is 9.35. The third-order valence-corrected chi connectivity index (χ3v) is 6.05. The SMILES string of the molecule is COc1ccc(C)cc1C(CCO)c1ccccc1.COc1ccc(C)cc1Cc1ccccc1. The molecular formula is C32H36O3. The fourth-order valence-corrected chi connectivity index (χ4v) is 4.30. The summed E-state index contributed by atoms with van der Waals surface area (Å²) in [5, 5.41) is 9.35. The van der Waals surface area contributed by atoms with Crippen molar-refractivity contribution >= 4 is 0 Å². The molecule has 0 aliphatic heterocycles. The first-order valence-electron chi connectivity index (χ1n) is 12.0. The molecule has 0 fully saturated rings. The number of aryl methyl sites for hydroxylation is 2. The van der Waals surface area contributed by atoms with Crippen molar-refractivity contribution in [2.24, 2.45) is 0 Å². The van der Waals surface area contributed by atoms with E-state index >= 15 is 0 Å². The van der Waals surface area contributed by atoms with Gasteiger partial charge in [-0.15, -0.1) is 0 Å². The van der Waals surface area contributed by atoms with Gasteiger partial charge in [0.05, 0.1) is 14.2 Å². The van der Waals surface area contributed by atoms with Gasteiger partial charge in [0.25, 0.3) is 0 Å². The van der Waals surface area contributed by atoms with E-state index in [4.69, 9.17) is 9.47 Å². The van der Waals surface area contributed by atoms with Gasteiger partial charge in [0.1, 0.15) is 11.5 Å².